The Morgan fingerprint density at radius 1 is 1.53 bits per heavy atom. The number of nitro groups is 1. The second-order valence-electron chi connectivity index (χ2n) is 3.69. The van der Waals surface area contributed by atoms with Crippen LogP contribution in [0.15, 0.2) is 24.4 Å². The van der Waals surface area contributed by atoms with Crippen molar-refractivity contribution in [2.24, 2.45) is 0 Å². The highest BCUT2D eigenvalue weighted by molar-refractivity contribution is 7.15. The molecule has 2 N–H and O–H groups in total. The monoisotopic (exact) mass is 279 g/mol. The lowest BCUT2D eigenvalue weighted by atomic mass is 10.1. The van der Waals surface area contributed by atoms with E-state index in [1.807, 2.05) is 6.92 Å². The molecule has 7 nitrogen and oxygen atoms in total. The molecular formula is C11H9N3O4S. The molecule has 2 aromatic rings. The van der Waals surface area contributed by atoms with Gasteiger partial charge in [0.25, 0.3) is 11.6 Å². The Kier molecular flexibility index (Phi) is 3.43. The summed E-state index contributed by atoms with van der Waals surface area (Å²) in [4.78, 5) is 26.9. The van der Waals surface area contributed by atoms with Crippen molar-refractivity contribution in [1.29, 1.82) is 0 Å². The fraction of sp³-hybridized carbons (Fsp3) is 0.0909. The van der Waals surface area contributed by atoms with Gasteiger partial charge in [-0.1, -0.05) is 0 Å². The van der Waals surface area contributed by atoms with Crippen molar-refractivity contribution in [2.75, 3.05) is 5.32 Å². The summed E-state index contributed by atoms with van der Waals surface area (Å²) in [5.41, 5.74) is -0.582. The number of phenolic OH excluding ortho intramolecular Hbond substituents is 1. The Bertz CT molecular complexity index is 653. The number of carbonyl (C=O) groups is 1. The number of rotatable bonds is 3. The number of amides is 1. The summed E-state index contributed by atoms with van der Waals surface area (Å²) in [7, 11) is 0. The van der Waals surface area contributed by atoms with Crippen molar-refractivity contribution < 1.29 is 14.8 Å². The van der Waals surface area contributed by atoms with E-state index in [9.17, 15) is 20.0 Å². The number of hydrogen-bond acceptors (Lipinski definition) is 6. The van der Waals surface area contributed by atoms with Gasteiger partial charge in [0.2, 0.25) is 0 Å². The molecule has 0 aliphatic heterocycles. The van der Waals surface area contributed by atoms with Crippen molar-refractivity contribution >= 4 is 28.1 Å². The second kappa shape index (κ2) is 5.02. The molecule has 0 atom stereocenters. The maximum Gasteiger partial charge on any atom is 0.282 e. The summed E-state index contributed by atoms with van der Waals surface area (Å²) >= 11 is 1.25. The first-order valence-corrected chi connectivity index (χ1v) is 6.00. The molecule has 0 unspecified atom stereocenters. The number of aromatic hydroxyl groups is 1. The Balaban J connectivity index is 2.32. The van der Waals surface area contributed by atoms with Gasteiger partial charge < -0.3 is 5.11 Å². The Morgan fingerprint density at radius 2 is 2.26 bits per heavy atom. The van der Waals surface area contributed by atoms with Crippen LogP contribution in [0.5, 0.6) is 5.75 Å². The molecule has 2 rings (SSSR count). The van der Waals surface area contributed by atoms with Crippen molar-refractivity contribution in [3.05, 3.63) is 45.0 Å². The van der Waals surface area contributed by atoms with Crippen molar-refractivity contribution in [3.63, 3.8) is 0 Å². The topological polar surface area (TPSA) is 105 Å². The van der Waals surface area contributed by atoms with Gasteiger partial charge >= 0.3 is 0 Å². The standard InChI is InChI=1S/C11H9N3O4S/c1-6-5-12-11(19-6)13-10(16)8-4-7(15)2-3-9(8)14(17)18/h2-5,15H,1H3,(H,12,13,16). The maximum absolute atomic E-state index is 11.9. The number of carbonyl (C=O) groups excluding carboxylic acids is 1. The highest BCUT2D eigenvalue weighted by Crippen LogP contribution is 2.25. The molecular weight excluding hydrogens is 270 g/mol. The van der Waals surface area contributed by atoms with E-state index in [2.05, 4.69) is 10.3 Å². The molecule has 0 aliphatic rings. The minimum atomic E-state index is -0.683. The van der Waals surface area contributed by atoms with E-state index < -0.39 is 10.8 Å². The minimum absolute atomic E-state index is 0.210. The molecule has 1 aromatic carbocycles. The Labute approximate surface area is 111 Å². The lowest BCUT2D eigenvalue weighted by molar-refractivity contribution is -0.385. The molecule has 0 aliphatic carbocycles. The van der Waals surface area contributed by atoms with Gasteiger partial charge in [-0.05, 0) is 19.1 Å². The Hall–Kier alpha value is -2.48. The van der Waals surface area contributed by atoms with Crippen LogP contribution in [-0.2, 0) is 0 Å². The fourth-order valence-electron chi connectivity index (χ4n) is 1.44. The van der Waals surface area contributed by atoms with Crippen LogP contribution >= 0.6 is 11.3 Å². The third kappa shape index (κ3) is 2.86. The van der Waals surface area contributed by atoms with Crippen LogP contribution < -0.4 is 5.32 Å². The molecule has 0 spiro atoms. The maximum atomic E-state index is 11.9. The number of nitrogens with one attached hydrogen (secondary N) is 1. The highest BCUT2D eigenvalue weighted by Gasteiger charge is 2.21. The van der Waals surface area contributed by atoms with Crippen molar-refractivity contribution in [3.8, 4) is 5.75 Å². The van der Waals surface area contributed by atoms with Crippen LogP contribution in [0.3, 0.4) is 0 Å². The quantitative estimate of drug-likeness (QED) is 0.662. The van der Waals surface area contributed by atoms with Crippen LogP contribution in [0, 0.1) is 17.0 Å². The lowest BCUT2D eigenvalue weighted by Crippen LogP contribution is -2.13. The molecule has 0 saturated carbocycles. The van der Waals surface area contributed by atoms with E-state index in [0.29, 0.717) is 5.13 Å². The summed E-state index contributed by atoms with van der Waals surface area (Å²) in [5, 5.41) is 22.9. The predicted molar refractivity (Wildman–Crippen MR) is 69.6 cm³/mol. The molecule has 1 heterocycles. The third-order valence-corrected chi connectivity index (χ3v) is 3.09. The number of benzene rings is 1. The second-order valence-corrected chi connectivity index (χ2v) is 4.92. The summed E-state index contributed by atoms with van der Waals surface area (Å²) in [6.45, 7) is 1.82. The zero-order valence-corrected chi connectivity index (χ0v) is 10.6. The predicted octanol–water partition coefficient (Wildman–Crippen LogP) is 2.32. The number of nitrogens with zero attached hydrogens (tertiary/aromatic N) is 2. The molecule has 98 valence electrons. The molecule has 0 fully saturated rings. The van der Waals surface area contributed by atoms with Gasteiger partial charge in [0, 0.05) is 17.1 Å². The number of aryl methyl sites for hydroxylation is 1. The first-order valence-electron chi connectivity index (χ1n) is 5.18. The van der Waals surface area contributed by atoms with E-state index in [1.54, 1.807) is 6.20 Å². The number of phenols is 1. The van der Waals surface area contributed by atoms with E-state index >= 15 is 0 Å². The SMILES string of the molecule is Cc1cnc(NC(=O)c2cc(O)ccc2[N+](=O)[O-])s1. The minimum Gasteiger partial charge on any atom is -0.508 e. The summed E-state index contributed by atoms with van der Waals surface area (Å²) in [6.07, 6.45) is 1.58. The Morgan fingerprint density at radius 3 is 2.84 bits per heavy atom. The lowest BCUT2D eigenvalue weighted by Gasteiger charge is -2.03. The van der Waals surface area contributed by atoms with Gasteiger partial charge in [0.1, 0.15) is 11.3 Å². The van der Waals surface area contributed by atoms with E-state index in [-0.39, 0.29) is 17.0 Å². The first-order chi connectivity index (χ1) is 8.97. The zero-order chi connectivity index (χ0) is 14.0. The fourth-order valence-corrected chi connectivity index (χ4v) is 2.10. The van der Waals surface area contributed by atoms with Gasteiger partial charge in [-0.2, -0.15) is 0 Å². The summed E-state index contributed by atoms with van der Waals surface area (Å²) < 4.78 is 0. The molecule has 0 bridgehead atoms. The number of hydrogen-bond donors (Lipinski definition) is 2. The summed E-state index contributed by atoms with van der Waals surface area (Å²) in [6, 6.07) is 3.29. The molecule has 1 amide bonds. The van der Waals surface area contributed by atoms with E-state index in [0.717, 1.165) is 23.1 Å². The first kappa shape index (κ1) is 13.0. The number of aromatic nitrogens is 1. The van der Waals surface area contributed by atoms with E-state index in [4.69, 9.17) is 0 Å². The van der Waals surface area contributed by atoms with Crippen molar-refractivity contribution in [1.82, 2.24) is 4.98 Å². The normalized spacial score (nSPS) is 10.2. The molecule has 0 radical (unpaired) electrons. The van der Waals surface area contributed by atoms with Crippen LogP contribution in [0.4, 0.5) is 10.8 Å². The van der Waals surface area contributed by atoms with Crippen LogP contribution in [0.1, 0.15) is 15.2 Å². The number of nitro benzene ring substituents is 1. The van der Waals surface area contributed by atoms with Gasteiger partial charge in [0.05, 0.1) is 4.92 Å². The molecule has 0 saturated heterocycles. The van der Waals surface area contributed by atoms with Crippen LogP contribution in [-0.4, -0.2) is 20.9 Å². The van der Waals surface area contributed by atoms with Crippen molar-refractivity contribution in [2.45, 2.75) is 6.92 Å². The van der Waals surface area contributed by atoms with E-state index in [1.165, 1.54) is 11.3 Å². The van der Waals surface area contributed by atoms with Crippen LogP contribution in [0.2, 0.25) is 0 Å². The van der Waals surface area contributed by atoms with Gasteiger partial charge in [-0.3, -0.25) is 20.2 Å². The smallest absolute Gasteiger partial charge is 0.282 e. The van der Waals surface area contributed by atoms with Gasteiger partial charge in [-0.15, -0.1) is 11.3 Å². The molecule has 19 heavy (non-hydrogen) atoms. The average molecular weight is 279 g/mol. The molecule has 8 heteroatoms. The zero-order valence-electron chi connectivity index (χ0n) is 9.78. The van der Waals surface area contributed by atoms with Gasteiger partial charge in [0.15, 0.2) is 5.13 Å². The largest absolute Gasteiger partial charge is 0.508 e. The molecule has 1 aromatic heterocycles. The van der Waals surface area contributed by atoms with Gasteiger partial charge in [-0.25, -0.2) is 4.98 Å². The van der Waals surface area contributed by atoms with Crippen LogP contribution in [0.25, 0.3) is 0 Å². The third-order valence-electron chi connectivity index (χ3n) is 2.26. The number of thiazole rings is 1. The average Bonchev–Trinajstić information content (AvgIpc) is 2.74. The summed E-state index contributed by atoms with van der Waals surface area (Å²) in [5.74, 6) is -0.900. The number of anilines is 1. The highest BCUT2D eigenvalue weighted by atomic mass is 32.1.